The molecule has 1 saturated heterocycles. The lowest BCUT2D eigenvalue weighted by atomic mass is 9.98. The van der Waals surface area contributed by atoms with Crippen molar-refractivity contribution in [2.24, 2.45) is 0 Å². The first-order valence-corrected chi connectivity index (χ1v) is 32.5. The molecular formula is C66H123NO10. The highest BCUT2D eigenvalue weighted by atomic mass is 16.7. The number of amides is 1. The lowest BCUT2D eigenvalue weighted by molar-refractivity contribution is -0.303. The highest BCUT2D eigenvalue weighted by molar-refractivity contribution is 5.80. The highest BCUT2D eigenvalue weighted by Gasteiger charge is 2.44. The number of allylic oxidation sites excluding steroid dienone is 8. The summed E-state index contributed by atoms with van der Waals surface area (Å²) in [5.74, 6) is -0.711. The maximum atomic E-state index is 13.2. The second-order valence-corrected chi connectivity index (χ2v) is 22.8. The van der Waals surface area contributed by atoms with Gasteiger partial charge in [0.15, 0.2) is 6.29 Å². The molecule has 8 N–H and O–H groups in total. The van der Waals surface area contributed by atoms with E-state index in [0.717, 1.165) is 51.4 Å². The first-order chi connectivity index (χ1) is 37.7. The molecule has 1 rings (SSSR count). The van der Waals surface area contributed by atoms with Gasteiger partial charge in [-0.1, -0.05) is 262 Å². The van der Waals surface area contributed by atoms with E-state index >= 15 is 0 Å². The van der Waals surface area contributed by atoms with Crippen molar-refractivity contribution in [3.05, 3.63) is 48.6 Å². The smallest absolute Gasteiger partial charge is 0.249 e. The molecule has 9 atom stereocenters. The van der Waals surface area contributed by atoms with Gasteiger partial charge < -0.3 is 50.5 Å². The van der Waals surface area contributed by atoms with Crippen LogP contribution in [0, 0.1) is 0 Å². The van der Waals surface area contributed by atoms with Gasteiger partial charge in [-0.15, -0.1) is 0 Å². The summed E-state index contributed by atoms with van der Waals surface area (Å²) in [6.07, 6.45) is 58.9. The fourth-order valence-corrected chi connectivity index (χ4v) is 10.3. The first-order valence-electron chi connectivity index (χ1n) is 32.5. The second kappa shape index (κ2) is 54.6. The molecule has 11 nitrogen and oxygen atoms in total. The van der Waals surface area contributed by atoms with E-state index in [1.165, 1.54) is 199 Å². The lowest BCUT2D eigenvalue weighted by Crippen LogP contribution is -2.60. The van der Waals surface area contributed by atoms with Gasteiger partial charge in [-0.2, -0.15) is 0 Å². The number of hydrogen-bond acceptors (Lipinski definition) is 10. The predicted octanol–water partition coefficient (Wildman–Crippen LogP) is 14.8. The number of nitrogens with one attached hydrogen (secondary N) is 1. The number of aliphatic hydroxyl groups is 7. The Bertz CT molecular complexity index is 1390. The number of ether oxygens (including phenoxy) is 2. The van der Waals surface area contributed by atoms with E-state index < -0.39 is 74.2 Å². The van der Waals surface area contributed by atoms with Gasteiger partial charge in [0.05, 0.1) is 25.4 Å². The topological polar surface area (TPSA) is 189 Å². The van der Waals surface area contributed by atoms with Crippen LogP contribution < -0.4 is 5.32 Å². The third-order valence-corrected chi connectivity index (χ3v) is 15.6. The lowest BCUT2D eigenvalue weighted by Gasteiger charge is -2.40. The monoisotopic (exact) mass is 1090 g/mol. The Balaban J connectivity index is 2.29. The van der Waals surface area contributed by atoms with E-state index in [4.69, 9.17) is 9.47 Å². The average molecular weight is 1090 g/mol. The van der Waals surface area contributed by atoms with E-state index in [-0.39, 0.29) is 12.8 Å². The summed E-state index contributed by atoms with van der Waals surface area (Å²) >= 11 is 0. The first kappa shape index (κ1) is 73.1. The zero-order chi connectivity index (χ0) is 56.1. The Morgan fingerprint density at radius 3 is 1.23 bits per heavy atom. The Morgan fingerprint density at radius 1 is 0.455 bits per heavy atom. The van der Waals surface area contributed by atoms with Crippen molar-refractivity contribution in [3.63, 3.8) is 0 Å². The van der Waals surface area contributed by atoms with Crippen molar-refractivity contribution in [3.8, 4) is 0 Å². The molecule has 0 aliphatic carbocycles. The third-order valence-electron chi connectivity index (χ3n) is 15.6. The molecule has 1 fully saturated rings. The highest BCUT2D eigenvalue weighted by Crippen LogP contribution is 2.23. The largest absolute Gasteiger partial charge is 0.394 e. The molecule has 1 heterocycles. The van der Waals surface area contributed by atoms with Gasteiger partial charge in [0.25, 0.3) is 0 Å². The molecule has 0 radical (unpaired) electrons. The molecule has 0 aromatic carbocycles. The van der Waals surface area contributed by atoms with Gasteiger partial charge in [0.2, 0.25) is 5.91 Å². The fourth-order valence-electron chi connectivity index (χ4n) is 10.3. The maximum Gasteiger partial charge on any atom is 0.249 e. The standard InChI is InChI=1S/C66H123NO10/c1-3-5-7-9-11-13-15-17-19-21-23-25-27-29-30-32-34-36-38-40-42-44-46-48-50-52-54-59(70)65(75)67-57(56-76-66-64(74)63(73)62(72)60(55-68)77-66)61(71)58(69)53-51-49-47-45-43-41-39-37-35-33-31-28-26-24-22-20-18-16-14-12-10-8-6-4-2/h23,25,29-30,37,39,45,47,57-64,66,68-74H,3-22,24,26-28,31-36,38,40-44,46,48-56H2,1-2H3,(H,67,75)/b25-23-,30-29-,39-37+,47-45+. The number of unbranched alkanes of at least 4 members (excludes halogenated alkanes) is 36. The number of carbonyl (C=O) groups excluding carboxylic acids is 1. The number of hydrogen-bond donors (Lipinski definition) is 8. The van der Waals surface area contributed by atoms with Crippen LogP contribution in [0.5, 0.6) is 0 Å². The van der Waals surface area contributed by atoms with Crippen molar-refractivity contribution < 1.29 is 50.0 Å². The van der Waals surface area contributed by atoms with E-state index in [9.17, 15) is 40.5 Å². The molecule has 0 bridgehead atoms. The number of rotatable bonds is 56. The van der Waals surface area contributed by atoms with Crippen LogP contribution in [0.15, 0.2) is 48.6 Å². The normalized spacial score (nSPS) is 19.8. The molecule has 0 saturated carbocycles. The summed E-state index contributed by atoms with van der Waals surface area (Å²) in [5.41, 5.74) is 0. The minimum Gasteiger partial charge on any atom is -0.394 e. The Kier molecular flexibility index (Phi) is 51.9. The minimum atomic E-state index is -1.67. The summed E-state index contributed by atoms with van der Waals surface area (Å²) in [6, 6.07) is -1.20. The van der Waals surface area contributed by atoms with E-state index in [1.54, 1.807) is 0 Å². The molecule has 1 aliphatic rings. The van der Waals surface area contributed by atoms with Crippen molar-refractivity contribution >= 4 is 5.91 Å². The number of carbonyl (C=O) groups is 1. The number of aliphatic hydroxyl groups excluding tert-OH is 7. The summed E-state index contributed by atoms with van der Waals surface area (Å²) in [5, 5.41) is 76.3. The van der Waals surface area contributed by atoms with Gasteiger partial charge in [0, 0.05) is 0 Å². The zero-order valence-electron chi connectivity index (χ0n) is 49.7. The SMILES string of the molecule is CCCCCCCCCCC/C=C\C/C=C\CCCCCCCCCCCCC(O)C(=O)NC(COC1OC(CO)C(O)C(O)C1O)C(O)C(O)CCC/C=C/CC/C=C/CCCCCCCCCCCCCCCCC. The average Bonchev–Trinajstić information content (AvgIpc) is 3.43. The summed E-state index contributed by atoms with van der Waals surface area (Å²) in [7, 11) is 0. The molecule has 0 spiro atoms. The molecule has 9 unspecified atom stereocenters. The second-order valence-electron chi connectivity index (χ2n) is 22.8. The van der Waals surface area contributed by atoms with Crippen LogP contribution in [-0.4, -0.2) is 110 Å². The van der Waals surface area contributed by atoms with Crippen LogP contribution >= 0.6 is 0 Å². The van der Waals surface area contributed by atoms with Gasteiger partial charge in [-0.3, -0.25) is 4.79 Å². The van der Waals surface area contributed by atoms with E-state index in [1.807, 2.05) is 0 Å². The molecule has 0 aromatic rings. The maximum absolute atomic E-state index is 13.2. The minimum absolute atomic E-state index is 0.245. The third kappa shape index (κ3) is 42.6. The fraction of sp³-hybridized carbons (Fsp3) is 0.864. The predicted molar refractivity (Wildman–Crippen MR) is 321 cm³/mol. The quantitative estimate of drug-likeness (QED) is 0.0215. The molecule has 1 amide bonds. The summed E-state index contributed by atoms with van der Waals surface area (Å²) in [4.78, 5) is 13.2. The molecule has 0 aromatic heterocycles. The van der Waals surface area contributed by atoms with Crippen LogP contribution in [-0.2, 0) is 14.3 Å². The summed E-state index contributed by atoms with van der Waals surface area (Å²) in [6.45, 7) is 3.47. The van der Waals surface area contributed by atoms with E-state index in [0.29, 0.717) is 19.3 Å². The Morgan fingerprint density at radius 2 is 0.818 bits per heavy atom. The molecule has 1 aliphatic heterocycles. The van der Waals surface area contributed by atoms with Gasteiger partial charge in [0.1, 0.15) is 36.6 Å². The summed E-state index contributed by atoms with van der Waals surface area (Å²) < 4.78 is 11.2. The Labute approximate surface area is 472 Å². The van der Waals surface area contributed by atoms with Gasteiger partial charge >= 0.3 is 0 Å². The van der Waals surface area contributed by atoms with Crippen LogP contribution in [0.25, 0.3) is 0 Å². The van der Waals surface area contributed by atoms with Crippen LogP contribution in [0.4, 0.5) is 0 Å². The Hall–Kier alpha value is -1.93. The van der Waals surface area contributed by atoms with Crippen molar-refractivity contribution in [2.75, 3.05) is 13.2 Å². The van der Waals surface area contributed by atoms with Crippen LogP contribution in [0.1, 0.15) is 296 Å². The van der Waals surface area contributed by atoms with Crippen LogP contribution in [0.3, 0.4) is 0 Å². The molecule has 452 valence electrons. The molecular weight excluding hydrogens is 967 g/mol. The molecule has 11 heteroatoms. The van der Waals surface area contributed by atoms with Crippen molar-refractivity contribution in [1.82, 2.24) is 5.32 Å². The van der Waals surface area contributed by atoms with E-state index in [2.05, 4.69) is 67.8 Å². The van der Waals surface area contributed by atoms with Gasteiger partial charge in [-0.25, -0.2) is 0 Å². The zero-order valence-corrected chi connectivity index (χ0v) is 49.7. The molecule has 77 heavy (non-hydrogen) atoms. The van der Waals surface area contributed by atoms with Crippen molar-refractivity contribution in [2.45, 2.75) is 351 Å². The van der Waals surface area contributed by atoms with Crippen molar-refractivity contribution in [1.29, 1.82) is 0 Å². The van der Waals surface area contributed by atoms with Crippen LogP contribution in [0.2, 0.25) is 0 Å². The van der Waals surface area contributed by atoms with Gasteiger partial charge in [-0.05, 0) is 83.5 Å².